The quantitative estimate of drug-likeness (QED) is 0.775. The Morgan fingerprint density at radius 3 is 3.00 bits per heavy atom. The van der Waals surface area contributed by atoms with Gasteiger partial charge in [0.05, 0.1) is 18.9 Å². The molecule has 0 saturated heterocycles. The van der Waals surface area contributed by atoms with Crippen molar-refractivity contribution >= 4 is 11.7 Å². The van der Waals surface area contributed by atoms with Gasteiger partial charge in [0, 0.05) is 0 Å². The van der Waals surface area contributed by atoms with Crippen molar-refractivity contribution in [2.24, 2.45) is 5.73 Å². The molecular weight excluding hydrogens is 256 g/mol. The van der Waals surface area contributed by atoms with Crippen LogP contribution in [0, 0.1) is 6.92 Å². The van der Waals surface area contributed by atoms with Gasteiger partial charge in [0.2, 0.25) is 0 Å². The second-order valence-corrected chi connectivity index (χ2v) is 4.25. The van der Waals surface area contributed by atoms with Crippen molar-refractivity contribution in [3.63, 3.8) is 0 Å². The standard InChI is InChI=1S/C14H16N4O2/c1-10-3-2-4-11(7-10)20-6-5-17-13-9-16-8-12(18-13)14(15)19/h2-4,7-9H,5-6H2,1H3,(H2,15,19)(H,17,18). The van der Waals surface area contributed by atoms with Gasteiger partial charge in [-0.25, -0.2) is 4.98 Å². The van der Waals surface area contributed by atoms with Crippen LogP contribution >= 0.6 is 0 Å². The van der Waals surface area contributed by atoms with E-state index >= 15 is 0 Å². The molecule has 2 aromatic rings. The van der Waals surface area contributed by atoms with Crippen LogP contribution in [0.15, 0.2) is 36.7 Å². The number of hydrogen-bond acceptors (Lipinski definition) is 5. The van der Waals surface area contributed by atoms with E-state index in [-0.39, 0.29) is 5.69 Å². The molecule has 0 saturated carbocycles. The zero-order chi connectivity index (χ0) is 14.4. The smallest absolute Gasteiger partial charge is 0.268 e. The molecule has 0 atom stereocenters. The van der Waals surface area contributed by atoms with Crippen LogP contribution in [-0.4, -0.2) is 29.0 Å². The van der Waals surface area contributed by atoms with Gasteiger partial charge in [-0.2, -0.15) is 0 Å². The van der Waals surface area contributed by atoms with Crippen LogP contribution < -0.4 is 15.8 Å². The lowest BCUT2D eigenvalue weighted by atomic mass is 10.2. The third-order valence-electron chi connectivity index (χ3n) is 2.55. The molecule has 0 aliphatic rings. The van der Waals surface area contributed by atoms with Crippen molar-refractivity contribution in [1.29, 1.82) is 0 Å². The summed E-state index contributed by atoms with van der Waals surface area (Å²) in [5, 5.41) is 3.02. The average Bonchev–Trinajstić information content (AvgIpc) is 2.44. The van der Waals surface area contributed by atoms with E-state index < -0.39 is 5.91 Å². The lowest BCUT2D eigenvalue weighted by Crippen LogP contribution is -2.16. The molecule has 0 bridgehead atoms. The number of carbonyl (C=O) groups excluding carboxylic acids is 1. The van der Waals surface area contributed by atoms with Gasteiger partial charge in [-0.15, -0.1) is 0 Å². The predicted molar refractivity (Wildman–Crippen MR) is 75.7 cm³/mol. The lowest BCUT2D eigenvalue weighted by Gasteiger charge is -2.08. The third kappa shape index (κ3) is 3.94. The SMILES string of the molecule is Cc1cccc(OCCNc2cncc(C(N)=O)n2)c1. The van der Waals surface area contributed by atoms with E-state index in [0.29, 0.717) is 19.0 Å². The summed E-state index contributed by atoms with van der Waals surface area (Å²) in [5.41, 5.74) is 6.42. The van der Waals surface area contributed by atoms with E-state index in [2.05, 4.69) is 15.3 Å². The van der Waals surface area contributed by atoms with Crippen LogP contribution in [-0.2, 0) is 0 Å². The van der Waals surface area contributed by atoms with Crippen molar-refractivity contribution in [3.8, 4) is 5.75 Å². The van der Waals surface area contributed by atoms with Gasteiger partial charge in [0.1, 0.15) is 23.9 Å². The zero-order valence-electron chi connectivity index (χ0n) is 11.2. The van der Waals surface area contributed by atoms with Gasteiger partial charge in [-0.1, -0.05) is 12.1 Å². The number of nitrogens with zero attached hydrogens (tertiary/aromatic N) is 2. The summed E-state index contributed by atoms with van der Waals surface area (Å²) >= 11 is 0. The Balaban J connectivity index is 1.81. The number of carbonyl (C=O) groups is 1. The molecule has 6 heteroatoms. The maximum absolute atomic E-state index is 11.0. The Morgan fingerprint density at radius 2 is 2.25 bits per heavy atom. The van der Waals surface area contributed by atoms with Crippen molar-refractivity contribution < 1.29 is 9.53 Å². The predicted octanol–water partition coefficient (Wildman–Crippen LogP) is 1.37. The number of amides is 1. The second kappa shape index (κ2) is 6.51. The normalized spacial score (nSPS) is 10.1. The van der Waals surface area contributed by atoms with Crippen LogP contribution in [0.4, 0.5) is 5.82 Å². The molecule has 104 valence electrons. The third-order valence-corrected chi connectivity index (χ3v) is 2.55. The van der Waals surface area contributed by atoms with Gasteiger partial charge in [-0.05, 0) is 24.6 Å². The summed E-state index contributed by atoms with van der Waals surface area (Å²) in [4.78, 5) is 18.9. The number of ether oxygens (including phenoxy) is 1. The molecule has 0 unspecified atom stereocenters. The largest absolute Gasteiger partial charge is 0.492 e. The number of rotatable bonds is 6. The molecule has 1 heterocycles. The summed E-state index contributed by atoms with van der Waals surface area (Å²) in [6.07, 6.45) is 2.86. The van der Waals surface area contributed by atoms with E-state index in [1.165, 1.54) is 12.4 Å². The highest BCUT2D eigenvalue weighted by molar-refractivity contribution is 5.90. The van der Waals surface area contributed by atoms with Crippen molar-refractivity contribution in [3.05, 3.63) is 47.9 Å². The minimum Gasteiger partial charge on any atom is -0.492 e. The summed E-state index contributed by atoms with van der Waals surface area (Å²) in [6.45, 7) is 3.03. The number of anilines is 1. The van der Waals surface area contributed by atoms with Crippen molar-refractivity contribution in [1.82, 2.24) is 9.97 Å². The molecule has 1 aromatic carbocycles. The molecule has 0 aliphatic carbocycles. The highest BCUT2D eigenvalue weighted by atomic mass is 16.5. The minimum absolute atomic E-state index is 0.134. The zero-order valence-corrected chi connectivity index (χ0v) is 11.2. The monoisotopic (exact) mass is 272 g/mol. The Labute approximate surface area is 117 Å². The molecule has 0 fully saturated rings. The van der Waals surface area contributed by atoms with Gasteiger partial charge < -0.3 is 15.8 Å². The molecule has 0 spiro atoms. The first-order chi connectivity index (χ1) is 9.65. The van der Waals surface area contributed by atoms with E-state index in [4.69, 9.17) is 10.5 Å². The van der Waals surface area contributed by atoms with Gasteiger partial charge in [0.25, 0.3) is 5.91 Å². The molecular formula is C14H16N4O2. The number of aryl methyl sites for hydroxylation is 1. The van der Waals surface area contributed by atoms with Crippen LogP contribution in [0.2, 0.25) is 0 Å². The molecule has 6 nitrogen and oxygen atoms in total. The minimum atomic E-state index is -0.600. The second-order valence-electron chi connectivity index (χ2n) is 4.25. The molecule has 0 radical (unpaired) electrons. The molecule has 20 heavy (non-hydrogen) atoms. The average molecular weight is 272 g/mol. The van der Waals surface area contributed by atoms with Crippen LogP contribution in [0.5, 0.6) is 5.75 Å². The molecule has 1 amide bonds. The lowest BCUT2D eigenvalue weighted by molar-refractivity contribution is 0.0995. The Hall–Kier alpha value is -2.63. The van der Waals surface area contributed by atoms with Crippen LogP contribution in [0.25, 0.3) is 0 Å². The van der Waals surface area contributed by atoms with Crippen LogP contribution in [0.3, 0.4) is 0 Å². The fourth-order valence-corrected chi connectivity index (χ4v) is 1.62. The number of benzene rings is 1. The van der Waals surface area contributed by atoms with Gasteiger partial charge >= 0.3 is 0 Å². The van der Waals surface area contributed by atoms with Crippen LogP contribution in [0.1, 0.15) is 16.1 Å². The number of aromatic nitrogens is 2. The fraction of sp³-hybridized carbons (Fsp3) is 0.214. The first-order valence-corrected chi connectivity index (χ1v) is 6.20. The number of nitrogens with one attached hydrogen (secondary N) is 1. The highest BCUT2D eigenvalue weighted by Crippen LogP contribution is 2.12. The highest BCUT2D eigenvalue weighted by Gasteiger charge is 2.03. The maximum atomic E-state index is 11.0. The first kappa shape index (κ1) is 13.8. The topological polar surface area (TPSA) is 90.1 Å². The maximum Gasteiger partial charge on any atom is 0.268 e. The Kier molecular flexibility index (Phi) is 4.49. The Morgan fingerprint density at radius 1 is 1.40 bits per heavy atom. The number of hydrogen-bond donors (Lipinski definition) is 2. The summed E-state index contributed by atoms with van der Waals surface area (Å²) in [7, 11) is 0. The summed E-state index contributed by atoms with van der Waals surface area (Å²) in [5.74, 6) is 0.718. The van der Waals surface area contributed by atoms with Crippen molar-refractivity contribution in [2.75, 3.05) is 18.5 Å². The number of primary amides is 1. The summed E-state index contributed by atoms with van der Waals surface area (Å²) < 4.78 is 5.58. The first-order valence-electron chi connectivity index (χ1n) is 6.20. The molecule has 1 aromatic heterocycles. The number of nitrogens with two attached hydrogens (primary N) is 1. The molecule has 0 aliphatic heterocycles. The Bertz CT molecular complexity index is 601. The van der Waals surface area contributed by atoms with E-state index in [1.54, 1.807) is 0 Å². The van der Waals surface area contributed by atoms with E-state index in [1.807, 2.05) is 31.2 Å². The van der Waals surface area contributed by atoms with Crippen molar-refractivity contribution in [2.45, 2.75) is 6.92 Å². The molecule has 2 rings (SSSR count). The van der Waals surface area contributed by atoms with Gasteiger partial charge in [0.15, 0.2) is 0 Å². The summed E-state index contributed by atoms with van der Waals surface area (Å²) in [6, 6.07) is 7.82. The fourth-order valence-electron chi connectivity index (χ4n) is 1.62. The van der Waals surface area contributed by atoms with E-state index in [0.717, 1.165) is 11.3 Å². The molecule has 3 N–H and O–H groups in total. The van der Waals surface area contributed by atoms with Gasteiger partial charge in [-0.3, -0.25) is 9.78 Å². The van der Waals surface area contributed by atoms with E-state index in [9.17, 15) is 4.79 Å².